The van der Waals surface area contributed by atoms with Crippen LogP contribution in [-0.2, 0) is 10.0 Å². The van der Waals surface area contributed by atoms with E-state index in [4.69, 9.17) is 4.74 Å². The topological polar surface area (TPSA) is 70.7 Å². The molecule has 0 spiro atoms. The van der Waals surface area contributed by atoms with Crippen LogP contribution < -0.4 is 14.8 Å². The molecule has 0 amide bonds. The Hall–Kier alpha value is -1.15. The van der Waals surface area contributed by atoms with Crippen LogP contribution in [0.3, 0.4) is 0 Å². The molecule has 0 aromatic heterocycles. The summed E-state index contributed by atoms with van der Waals surface area (Å²) in [4.78, 5) is 2.18. The second-order valence-corrected chi connectivity index (χ2v) is 6.92. The van der Waals surface area contributed by atoms with Crippen LogP contribution in [0.15, 0.2) is 29.2 Å². The van der Waals surface area contributed by atoms with Crippen LogP contribution in [0.2, 0.25) is 0 Å². The van der Waals surface area contributed by atoms with Gasteiger partial charge in [0.05, 0.1) is 4.90 Å². The van der Waals surface area contributed by atoms with Crippen molar-refractivity contribution in [3.8, 4) is 5.75 Å². The molecule has 0 aliphatic carbocycles. The van der Waals surface area contributed by atoms with Gasteiger partial charge in [0, 0.05) is 19.1 Å². The zero-order valence-corrected chi connectivity index (χ0v) is 13.9. The predicted octanol–water partition coefficient (Wildman–Crippen LogP) is 0.513. The summed E-state index contributed by atoms with van der Waals surface area (Å²) in [6.45, 7) is 3.77. The largest absolute Gasteiger partial charge is 0.492 e. The first-order chi connectivity index (χ1) is 9.85. The molecule has 0 aliphatic heterocycles. The van der Waals surface area contributed by atoms with Gasteiger partial charge in [-0.3, -0.25) is 0 Å². The summed E-state index contributed by atoms with van der Waals surface area (Å²) in [6.07, 6.45) is 0. The highest BCUT2D eigenvalue weighted by molar-refractivity contribution is 7.89. The molecule has 0 bridgehead atoms. The normalized spacial score (nSPS) is 13.4. The van der Waals surface area contributed by atoms with Gasteiger partial charge in [0.2, 0.25) is 10.0 Å². The van der Waals surface area contributed by atoms with Crippen molar-refractivity contribution in [1.82, 2.24) is 14.9 Å². The summed E-state index contributed by atoms with van der Waals surface area (Å²) in [7, 11) is 2.16. The van der Waals surface area contributed by atoms with Crippen molar-refractivity contribution < 1.29 is 13.2 Å². The monoisotopic (exact) mass is 315 g/mol. The highest BCUT2D eigenvalue weighted by Gasteiger charge is 2.17. The molecule has 0 radical (unpaired) electrons. The van der Waals surface area contributed by atoms with E-state index in [2.05, 4.69) is 10.0 Å². The third-order valence-electron chi connectivity index (χ3n) is 2.75. The van der Waals surface area contributed by atoms with E-state index in [0.717, 1.165) is 6.54 Å². The molecule has 1 rings (SSSR count). The number of hydrogen-bond donors (Lipinski definition) is 2. The number of hydrogen-bond acceptors (Lipinski definition) is 5. The molecule has 0 fully saturated rings. The van der Waals surface area contributed by atoms with E-state index in [1.165, 1.54) is 0 Å². The lowest BCUT2D eigenvalue weighted by atomic mass is 10.3. The van der Waals surface area contributed by atoms with E-state index in [0.29, 0.717) is 18.9 Å². The van der Waals surface area contributed by atoms with Crippen LogP contribution >= 0.6 is 0 Å². The highest BCUT2D eigenvalue weighted by atomic mass is 32.2. The fraction of sp³-hybridized carbons (Fsp3) is 0.571. The first kappa shape index (κ1) is 17.9. The quantitative estimate of drug-likeness (QED) is 0.650. The van der Waals surface area contributed by atoms with E-state index in [-0.39, 0.29) is 10.9 Å². The highest BCUT2D eigenvalue weighted by Crippen LogP contribution is 2.16. The Kier molecular flexibility index (Phi) is 7.10. The SMILES string of the molecule is CNCCOc1ccc(S(=O)(=O)NC(C)CN(C)C)cc1. The van der Waals surface area contributed by atoms with Crippen LogP contribution in [0.25, 0.3) is 0 Å². The molecule has 1 atom stereocenters. The Morgan fingerprint density at radius 1 is 1.24 bits per heavy atom. The van der Waals surface area contributed by atoms with E-state index in [9.17, 15) is 8.42 Å². The Morgan fingerprint density at radius 2 is 1.86 bits per heavy atom. The molecule has 1 aromatic carbocycles. The van der Waals surface area contributed by atoms with Crippen molar-refractivity contribution in [2.24, 2.45) is 0 Å². The Balaban J connectivity index is 2.66. The minimum absolute atomic E-state index is 0.156. The summed E-state index contributed by atoms with van der Waals surface area (Å²) in [5, 5.41) is 2.98. The molecule has 6 nitrogen and oxygen atoms in total. The number of benzene rings is 1. The predicted molar refractivity (Wildman–Crippen MR) is 84.2 cm³/mol. The van der Waals surface area contributed by atoms with Crippen LogP contribution in [0.5, 0.6) is 5.75 Å². The molecule has 0 saturated heterocycles. The van der Waals surface area contributed by atoms with Crippen molar-refractivity contribution >= 4 is 10.0 Å². The molecular weight excluding hydrogens is 290 g/mol. The summed E-state index contributed by atoms with van der Waals surface area (Å²) < 4.78 is 32.5. The fourth-order valence-electron chi connectivity index (χ4n) is 1.90. The molecule has 0 saturated carbocycles. The van der Waals surface area contributed by atoms with Crippen LogP contribution in [0, 0.1) is 0 Å². The minimum Gasteiger partial charge on any atom is -0.492 e. The lowest BCUT2D eigenvalue weighted by Crippen LogP contribution is -2.39. The average molecular weight is 315 g/mol. The van der Waals surface area contributed by atoms with Gasteiger partial charge in [0.15, 0.2) is 0 Å². The van der Waals surface area contributed by atoms with Gasteiger partial charge in [0.25, 0.3) is 0 Å². The minimum atomic E-state index is -3.49. The maximum atomic E-state index is 12.2. The van der Waals surface area contributed by atoms with Crippen molar-refractivity contribution in [2.75, 3.05) is 40.8 Å². The maximum absolute atomic E-state index is 12.2. The van der Waals surface area contributed by atoms with Gasteiger partial charge in [-0.15, -0.1) is 0 Å². The van der Waals surface area contributed by atoms with Crippen LogP contribution in [-0.4, -0.2) is 60.2 Å². The van der Waals surface area contributed by atoms with Gasteiger partial charge < -0.3 is 15.0 Å². The zero-order chi connectivity index (χ0) is 15.9. The number of likely N-dealkylation sites (N-methyl/N-ethyl adjacent to an activating group) is 2. The van der Waals surface area contributed by atoms with E-state index >= 15 is 0 Å². The van der Waals surface area contributed by atoms with Gasteiger partial charge >= 0.3 is 0 Å². The number of sulfonamides is 1. The second kappa shape index (κ2) is 8.33. The van der Waals surface area contributed by atoms with Crippen molar-refractivity contribution in [3.05, 3.63) is 24.3 Å². The third kappa shape index (κ3) is 6.43. The van der Waals surface area contributed by atoms with E-state index < -0.39 is 10.0 Å². The summed E-state index contributed by atoms with van der Waals surface area (Å²) in [5.74, 6) is 0.658. The van der Waals surface area contributed by atoms with Gasteiger partial charge in [-0.2, -0.15) is 0 Å². The Morgan fingerprint density at radius 3 is 2.38 bits per heavy atom. The molecule has 0 aliphatic rings. The first-order valence-electron chi connectivity index (χ1n) is 6.89. The molecule has 1 unspecified atom stereocenters. The van der Waals surface area contributed by atoms with Crippen LogP contribution in [0.1, 0.15) is 6.92 Å². The summed E-state index contributed by atoms with van der Waals surface area (Å²) >= 11 is 0. The smallest absolute Gasteiger partial charge is 0.240 e. The van der Waals surface area contributed by atoms with Crippen molar-refractivity contribution in [2.45, 2.75) is 17.9 Å². The molecular formula is C14H25N3O3S. The number of ether oxygens (including phenoxy) is 1. The number of rotatable bonds is 9. The second-order valence-electron chi connectivity index (χ2n) is 5.21. The zero-order valence-electron chi connectivity index (χ0n) is 13.1. The van der Waals surface area contributed by atoms with Gasteiger partial charge in [-0.25, -0.2) is 13.1 Å². The molecule has 0 heterocycles. The molecule has 1 aromatic rings. The summed E-state index contributed by atoms with van der Waals surface area (Å²) in [5.41, 5.74) is 0. The maximum Gasteiger partial charge on any atom is 0.240 e. The fourth-order valence-corrected chi connectivity index (χ4v) is 3.14. The molecule has 2 N–H and O–H groups in total. The average Bonchev–Trinajstić information content (AvgIpc) is 2.38. The third-order valence-corrected chi connectivity index (χ3v) is 4.36. The number of nitrogens with one attached hydrogen (secondary N) is 2. The Bertz CT molecular complexity index is 515. The molecule has 21 heavy (non-hydrogen) atoms. The van der Waals surface area contributed by atoms with Crippen molar-refractivity contribution in [1.29, 1.82) is 0 Å². The summed E-state index contributed by atoms with van der Waals surface area (Å²) in [6, 6.07) is 6.29. The lowest BCUT2D eigenvalue weighted by Gasteiger charge is -2.18. The number of nitrogens with zero attached hydrogens (tertiary/aromatic N) is 1. The first-order valence-corrected chi connectivity index (χ1v) is 8.38. The molecule has 7 heteroatoms. The standard InChI is InChI=1S/C14H25N3O3S/c1-12(11-17(3)4)16-21(18,19)14-7-5-13(6-8-14)20-10-9-15-2/h5-8,12,15-16H,9-11H2,1-4H3. The van der Waals surface area contributed by atoms with Crippen LogP contribution in [0.4, 0.5) is 0 Å². The molecule has 120 valence electrons. The van der Waals surface area contributed by atoms with Gasteiger partial charge in [0.1, 0.15) is 12.4 Å². The van der Waals surface area contributed by atoms with E-state index in [1.54, 1.807) is 24.3 Å². The van der Waals surface area contributed by atoms with Gasteiger partial charge in [-0.05, 0) is 52.3 Å². The van der Waals surface area contributed by atoms with Gasteiger partial charge in [-0.1, -0.05) is 0 Å². The lowest BCUT2D eigenvalue weighted by molar-refractivity contribution is 0.318. The van der Waals surface area contributed by atoms with E-state index in [1.807, 2.05) is 33.0 Å². The van der Waals surface area contributed by atoms with Crippen molar-refractivity contribution in [3.63, 3.8) is 0 Å². The Labute approximate surface area is 127 Å².